The maximum absolute atomic E-state index is 12.6. The molecule has 1 saturated heterocycles. The molecule has 1 atom stereocenters. The van der Waals surface area contributed by atoms with Gasteiger partial charge in [-0.15, -0.1) is 0 Å². The van der Waals surface area contributed by atoms with E-state index in [9.17, 15) is 4.79 Å². The van der Waals surface area contributed by atoms with E-state index in [0.29, 0.717) is 6.61 Å². The number of hydrogen-bond acceptors (Lipinski definition) is 3. The van der Waals surface area contributed by atoms with Crippen molar-refractivity contribution >= 4 is 5.78 Å². The van der Waals surface area contributed by atoms with Crippen molar-refractivity contribution < 1.29 is 9.53 Å². The molecule has 2 rings (SSSR count). The van der Waals surface area contributed by atoms with E-state index >= 15 is 0 Å². The monoisotopic (exact) mass is 247 g/mol. The molecular formula is C15H21NO2. The molecule has 1 N–H and O–H groups in total. The molecule has 1 aliphatic heterocycles. The maximum Gasteiger partial charge on any atom is 0.170 e. The van der Waals surface area contributed by atoms with Crippen molar-refractivity contribution in [2.75, 3.05) is 19.7 Å². The van der Waals surface area contributed by atoms with Crippen molar-refractivity contribution in [3.05, 3.63) is 29.8 Å². The Morgan fingerprint density at radius 1 is 1.50 bits per heavy atom. The minimum Gasteiger partial charge on any atom is -0.494 e. The van der Waals surface area contributed by atoms with Gasteiger partial charge in [0.2, 0.25) is 0 Å². The summed E-state index contributed by atoms with van der Waals surface area (Å²) in [6.45, 7) is 6.40. The first-order valence-electron chi connectivity index (χ1n) is 6.64. The molecule has 3 heteroatoms. The lowest BCUT2D eigenvalue weighted by atomic mass is 9.76. The number of benzene rings is 1. The SMILES string of the molecule is CCOc1cccc(C(=O)C2(C)CCCNC2)c1. The lowest BCUT2D eigenvalue weighted by molar-refractivity contribution is 0.0772. The number of ketones is 1. The summed E-state index contributed by atoms with van der Waals surface area (Å²) in [5, 5.41) is 3.31. The smallest absolute Gasteiger partial charge is 0.170 e. The van der Waals surface area contributed by atoms with E-state index in [4.69, 9.17) is 4.74 Å². The molecule has 1 aliphatic rings. The van der Waals surface area contributed by atoms with Crippen LogP contribution in [0.5, 0.6) is 5.75 Å². The summed E-state index contributed by atoms with van der Waals surface area (Å²) >= 11 is 0. The van der Waals surface area contributed by atoms with Gasteiger partial charge in [-0.2, -0.15) is 0 Å². The normalized spacial score (nSPS) is 23.7. The fraction of sp³-hybridized carbons (Fsp3) is 0.533. The van der Waals surface area contributed by atoms with Crippen LogP contribution in [0.3, 0.4) is 0 Å². The van der Waals surface area contributed by atoms with Gasteiger partial charge in [-0.1, -0.05) is 19.1 Å². The van der Waals surface area contributed by atoms with Crippen LogP contribution in [0.1, 0.15) is 37.0 Å². The summed E-state index contributed by atoms with van der Waals surface area (Å²) in [4.78, 5) is 12.6. The third-order valence-electron chi connectivity index (χ3n) is 3.55. The number of nitrogens with one attached hydrogen (secondary N) is 1. The summed E-state index contributed by atoms with van der Waals surface area (Å²) in [5.41, 5.74) is 0.482. The zero-order valence-corrected chi connectivity index (χ0v) is 11.2. The first-order chi connectivity index (χ1) is 8.65. The average molecular weight is 247 g/mol. The molecule has 18 heavy (non-hydrogen) atoms. The Hall–Kier alpha value is -1.35. The van der Waals surface area contributed by atoms with Gasteiger partial charge in [0.15, 0.2) is 5.78 Å². The summed E-state index contributed by atoms with van der Waals surface area (Å²) in [7, 11) is 0. The van der Waals surface area contributed by atoms with E-state index in [1.54, 1.807) is 0 Å². The molecule has 0 aromatic heterocycles. The summed E-state index contributed by atoms with van der Waals surface area (Å²) in [6, 6.07) is 7.51. The number of piperidine rings is 1. The summed E-state index contributed by atoms with van der Waals surface area (Å²) in [5.74, 6) is 0.993. The van der Waals surface area contributed by atoms with Crippen LogP contribution >= 0.6 is 0 Å². The van der Waals surface area contributed by atoms with Crippen molar-refractivity contribution in [1.29, 1.82) is 0 Å². The molecule has 0 spiro atoms. The second-order valence-electron chi connectivity index (χ2n) is 5.13. The minimum atomic E-state index is -0.275. The van der Waals surface area contributed by atoms with Gasteiger partial charge < -0.3 is 10.1 Å². The van der Waals surface area contributed by atoms with Crippen LogP contribution < -0.4 is 10.1 Å². The average Bonchev–Trinajstić information content (AvgIpc) is 2.39. The molecule has 0 amide bonds. The number of rotatable bonds is 4. The Morgan fingerprint density at radius 3 is 3.00 bits per heavy atom. The molecule has 1 aromatic rings. The van der Waals surface area contributed by atoms with Gasteiger partial charge in [0.25, 0.3) is 0 Å². The predicted molar refractivity (Wildman–Crippen MR) is 72.2 cm³/mol. The van der Waals surface area contributed by atoms with E-state index in [2.05, 4.69) is 12.2 Å². The maximum atomic E-state index is 12.6. The number of Topliss-reactive ketones (excluding diaryl/α,β-unsaturated/α-hetero) is 1. The Bertz CT molecular complexity index is 422. The van der Waals surface area contributed by atoms with Gasteiger partial charge in [0.05, 0.1) is 6.61 Å². The highest BCUT2D eigenvalue weighted by Crippen LogP contribution is 2.30. The lowest BCUT2D eigenvalue weighted by Gasteiger charge is -2.32. The van der Waals surface area contributed by atoms with Crippen molar-refractivity contribution in [3.63, 3.8) is 0 Å². The molecule has 0 bridgehead atoms. The highest BCUT2D eigenvalue weighted by Gasteiger charge is 2.35. The van der Waals surface area contributed by atoms with Crippen LogP contribution in [0, 0.1) is 5.41 Å². The van der Waals surface area contributed by atoms with Crippen LogP contribution in [0.25, 0.3) is 0 Å². The molecule has 1 aromatic carbocycles. The van der Waals surface area contributed by atoms with Crippen molar-refractivity contribution in [2.45, 2.75) is 26.7 Å². The van der Waals surface area contributed by atoms with Crippen LogP contribution in [-0.4, -0.2) is 25.5 Å². The van der Waals surface area contributed by atoms with Crippen LogP contribution in [0.15, 0.2) is 24.3 Å². The molecule has 1 heterocycles. The van der Waals surface area contributed by atoms with E-state index in [-0.39, 0.29) is 11.2 Å². The predicted octanol–water partition coefficient (Wildman–Crippen LogP) is 2.66. The summed E-state index contributed by atoms with van der Waals surface area (Å²) < 4.78 is 5.45. The minimum absolute atomic E-state index is 0.219. The van der Waals surface area contributed by atoms with Gasteiger partial charge in [0, 0.05) is 17.5 Å². The van der Waals surface area contributed by atoms with Crippen LogP contribution in [-0.2, 0) is 0 Å². The van der Waals surface area contributed by atoms with Crippen LogP contribution in [0.4, 0.5) is 0 Å². The Morgan fingerprint density at radius 2 is 2.33 bits per heavy atom. The van der Waals surface area contributed by atoms with E-state index < -0.39 is 0 Å². The van der Waals surface area contributed by atoms with Gasteiger partial charge >= 0.3 is 0 Å². The molecule has 0 aliphatic carbocycles. The third kappa shape index (κ3) is 2.72. The largest absolute Gasteiger partial charge is 0.494 e. The second-order valence-corrected chi connectivity index (χ2v) is 5.13. The van der Waals surface area contributed by atoms with Crippen molar-refractivity contribution in [1.82, 2.24) is 5.32 Å². The molecule has 1 fully saturated rings. The third-order valence-corrected chi connectivity index (χ3v) is 3.55. The molecular weight excluding hydrogens is 226 g/mol. The summed E-state index contributed by atoms with van der Waals surface area (Å²) in [6.07, 6.45) is 2.02. The molecule has 0 saturated carbocycles. The topological polar surface area (TPSA) is 38.3 Å². The van der Waals surface area contributed by atoms with Gasteiger partial charge in [-0.05, 0) is 38.4 Å². The fourth-order valence-corrected chi connectivity index (χ4v) is 2.49. The first kappa shape index (κ1) is 13.1. The zero-order chi connectivity index (χ0) is 13.0. The highest BCUT2D eigenvalue weighted by atomic mass is 16.5. The first-order valence-corrected chi connectivity index (χ1v) is 6.64. The fourth-order valence-electron chi connectivity index (χ4n) is 2.49. The number of hydrogen-bond donors (Lipinski definition) is 1. The number of carbonyl (C=O) groups is 1. The van der Waals surface area contributed by atoms with Gasteiger partial charge in [-0.3, -0.25) is 4.79 Å². The lowest BCUT2D eigenvalue weighted by Crippen LogP contribution is -2.43. The standard InChI is InChI=1S/C15H21NO2/c1-3-18-13-7-4-6-12(10-13)14(17)15(2)8-5-9-16-11-15/h4,6-7,10,16H,3,5,8-9,11H2,1-2H3. The quantitative estimate of drug-likeness (QED) is 0.831. The molecule has 0 radical (unpaired) electrons. The van der Waals surface area contributed by atoms with Crippen LogP contribution in [0.2, 0.25) is 0 Å². The number of ether oxygens (including phenoxy) is 1. The highest BCUT2D eigenvalue weighted by molar-refractivity contribution is 6.00. The van der Waals surface area contributed by atoms with E-state index in [1.165, 1.54) is 0 Å². The van der Waals surface area contributed by atoms with Crippen molar-refractivity contribution in [2.24, 2.45) is 5.41 Å². The van der Waals surface area contributed by atoms with E-state index in [0.717, 1.165) is 37.2 Å². The Kier molecular flexibility index (Phi) is 4.02. The van der Waals surface area contributed by atoms with Gasteiger partial charge in [0.1, 0.15) is 5.75 Å². The zero-order valence-electron chi connectivity index (χ0n) is 11.2. The van der Waals surface area contributed by atoms with Gasteiger partial charge in [-0.25, -0.2) is 0 Å². The Balaban J connectivity index is 2.19. The number of carbonyl (C=O) groups excluding carboxylic acids is 1. The molecule has 1 unspecified atom stereocenters. The molecule has 3 nitrogen and oxygen atoms in total. The second kappa shape index (κ2) is 5.53. The van der Waals surface area contributed by atoms with Crippen molar-refractivity contribution in [3.8, 4) is 5.75 Å². The van der Waals surface area contributed by atoms with E-state index in [1.807, 2.05) is 31.2 Å². The molecule has 98 valence electrons. The Labute approximate surface area is 109 Å².